The highest BCUT2D eigenvalue weighted by atomic mass is 16.5. The lowest BCUT2D eigenvalue weighted by Crippen LogP contribution is -2.48. The first-order valence-electron chi connectivity index (χ1n) is 8.67. The number of aromatic nitrogens is 1. The molecule has 0 fully saturated rings. The first kappa shape index (κ1) is 20.2. The molecule has 0 aliphatic rings. The normalized spacial score (nSPS) is 10.8. The van der Waals surface area contributed by atoms with Crippen molar-refractivity contribution in [1.82, 2.24) is 15.6 Å². The molecule has 0 saturated heterocycles. The molecular weight excluding hydrogens is 346 g/mol. The first-order chi connectivity index (χ1) is 12.9. The molecule has 7 nitrogen and oxygen atoms in total. The molecule has 0 saturated carbocycles. The number of benzene rings is 1. The smallest absolute Gasteiger partial charge is 0.235 e. The molecular formula is C20H25N3O4. The van der Waals surface area contributed by atoms with Crippen LogP contribution in [0.1, 0.15) is 19.5 Å². The van der Waals surface area contributed by atoms with E-state index in [9.17, 15) is 9.59 Å². The largest absolute Gasteiger partial charge is 0.497 e. The van der Waals surface area contributed by atoms with Crippen LogP contribution in [0.4, 0.5) is 0 Å². The minimum Gasteiger partial charge on any atom is -0.497 e. The van der Waals surface area contributed by atoms with Crippen molar-refractivity contribution < 1.29 is 19.1 Å². The van der Waals surface area contributed by atoms with E-state index in [0.29, 0.717) is 18.9 Å². The van der Waals surface area contributed by atoms with Crippen LogP contribution in [0, 0.1) is 5.41 Å². The molecule has 27 heavy (non-hydrogen) atoms. The van der Waals surface area contributed by atoms with E-state index in [-0.39, 0.29) is 18.4 Å². The predicted octanol–water partition coefficient (Wildman–Crippen LogP) is 1.93. The van der Waals surface area contributed by atoms with Crippen molar-refractivity contribution in [2.75, 3.05) is 20.3 Å². The number of rotatable bonds is 9. The topological polar surface area (TPSA) is 89.5 Å². The zero-order valence-electron chi connectivity index (χ0n) is 15.8. The third-order valence-corrected chi connectivity index (χ3v) is 4.01. The van der Waals surface area contributed by atoms with Gasteiger partial charge in [0.2, 0.25) is 11.8 Å². The van der Waals surface area contributed by atoms with Gasteiger partial charge in [0.15, 0.2) is 0 Å². The third kappa shape index (κ3) is 5.99. The molecule has 0 aliphatic heterocycles. The highest BCUT2D eigenvalue weighted by Crippen LogP contribution is 2.17. The number of carbonyl (C=O) groups excluding carboxylic acids is 2. The van der Waals surface area contributed by atoms with E-state index < -0.39 is 5.41 Å². The molecule has 1 aromatic heterocycles. The summed E-state index contributed by atoms with van der Waals surface area (Å²) in [4.78, 5) is 28.8. The number of amides is 2. The van der Waals surface area contributed by atoms with E-state index in [1.54, 1.807) is 57.5 Å². The molecule has 0 bridgehead atoms. The summed E-state index contributed by atoms with van der Waals surface area (Å²) in [6, 6.07) is 12.6. The van der Waals surface area contributed by atoms with E-state index >= 15 is 0 Å². The molecule has 7 heteroatoms. The SMILES string of the molecule is COc1ccc(OCCNC(=O)C(C)(C)C(=O)NCc2ccccn2)cc1. The van der Waals surface area contributed by atoms with Crippen molar-refractivity contribution in [3.8, 4) is 11.5 Å². The van der Waals surface area contributed by atoms with E-state index in [4.69, 9.17) is 9.47 Å². The minimum atomic E-state index is -1.20. The fourth-order valence-electron chi connectivity index (χ4n) is 2.22. The van der Waals surface area contributed by atoms with Crippen molar-refractivity contribution >= 4 is 11.8 Å². The van der Waals surface area contributed by atoms with Gasteiger partial charge in [-0.25, -0.2) is 0 Å². The fraction of sp³-hybridized carbons (Fsp3) is 0.350. The molecule has 0 spiro atoms. The standard InChI is InChI=1S/C20H25N3O4/c1-20(2,19(25)23-14-15-6-4-5-11-21-15)18(24)22-12-13-27-17-9-7-16(26-3)8-10-17/h4-11H,12-14H2,1-3H3,(H,22,24)(H,23,25). The minimum absolute atomic E-state index is 0.275. The Morgan fingerprint density at radius 2 is 1.67 bits per heavy atom. The van der Waals surface area contributed by atoms with E-state index in [2.05, 4.69) is 15.6 Å². The monoisotopic (exact) mass is 371 g/mol. The quantitative estimate of drug-likeness (QED) is 0.519. The summed E-state index contributed by atoms with van der Waals surface area (Å²) in [6.45, 7) is 4.03. The van der Waals surface area contributed by atoms with Crippen LogP contribution in [-0.2, 0) is 16.1 Å². The Balaban J connectivity index is 1.74. The maximum atomic E-state index is 12.4. The Morgan fingerprint density at radius 3 is 2.30 bits per heavy atom. The lowest BCUT2D eigenvalue weighted by Gasteiger charge is -2.22. The van der Waals surface area contributed by atoms with Gasteiger partial charge in [0.25, 0.3) is 0 Å². The lowest BCUT2D eigenvalue weighted by molar-refractivity contribution is -0.141. The molecule has 2 N–H and O–H groups in total. The number of carbonyl (C=O) groups is 2. The number of hydrogen-bond acceptors (Lipinski definition) is 5. The van der Waals surface area contributed by atoms with Crippen molar-refractivity contribution in [2.45, 2.75) is 20.4 Å². The van der Waals surface area contributed by atoms with Gasteiger partial charge in [0.05, 0.1) is 25.9 Å². The second-order valence-corrected chi connectivity index (χ2v) is 6.41. The van der Waals surface area contributed by atoms with Crippen LogP contribution in [0.3, 0.4) is 0 Å². The molecule has 2 aromatic rings. The van der Waals surface area contributed by atoms with Gasteiger partial charge >= 0.3 is 0 Å². The summed E-state index contributed by atoms with van der Waals surface area (Å²) in [5.74, 6) is 0.701. The van der Waals surface area contributed by atoms with Gasteiger partial charge < -0.3 is 20.1 Å². The molecule has 0 atom stereocenters. The first-order valence-corrected chi connectivity index (χ1v) is 8.67. The average Bonchev–Trinajstić information content (AvgIpc) is 2.70. The Hall–Kier alpha value is -3.09. The second-order valence-electron chi connectivity index (χ2n) is 6.41. The van der Waals surface area contributed by atoms with Gasteiger partial charge in [-0.2, -0.15) is 0 Å². The molecule has 1 aromatic carbocycles. The van der Waals surface area contributed by atoms with E-state index in [1.807, 2.05) is 12.1 Å². The van der Waals surface area contributed by atoms with Crippen LogP contribution < -0.4 is 20.1 Å². The molecule has 144 valence electrons. The van der Waals surface area contributed by atoms with Crippen LogP contribution in [0.15, 0.2) is 48.7 Å². The molecule has 2 amide bonds. The molecule has 2 rings (SSSR count). The van der Waals surface area contributed by atoms with Crippen molar-refractivity contribution in [2.24, 2.45) is 5.41 Å². The Labute approximate surface area is 159 Å². The number of nitrogens with one attached hydrogen (secondary N) is 2. The summed E-state index contributed by atoms with van der Waals surface area (Å²) in [5, 5.41) is 5.47. The molecule has 1 heterocycles. The number of methoxy groups -OCH3 is 1. The van der Waals surface area contributed by atoms with Crippen LogP contribution in [0.5, 0.6) is 11.5 Å². The number of nitrogens with zero attached hydrogens (tertiary/aromatic N) is 1. The Morgan fingerprint density at radius 1 is 1.00 bits per heavy atom. The average molecular weight is 371 g/mol. The van der Waals surface area contributed by atoms with Crippen LogP contribution in [0.2, 0.25) is 0 Å². The summed E-state index contributed by atoms with van der Waals surface area (Å²) < 4.78 is 10.6. The summed E-state index contributed by atoms with van der Waals surface area (Å²) in [7, 11) is 1.60. The van der Waals surface area contributed by atoms with Gasteiger partial charge in [-0.3, -0.25) is 14.6 Å². The fourth-order valence-corrected chi connectivity index (χ4v) is 2.22. The molecule has 0 aliphatic carbocycles. The summed E-state index contributed by atoms with van der Waals surface area (Å²) in [6.07, 6.45) is 1.65. The van der Waals surface area contributed by atoms with Gasteiger partial charge in [-0.15, -0.1) is 0 Å². The van der Waals surface area contributed by atoms with Crippen LogP contribution >= 0.6 is 0 Å². The summed E-state index contributed by atoms with van der Waals surface area (Å²) in [5.41, 5.74) is -0.468. The second kappa shape index (κ2) is 9.56. The van der Waals surface area contributed by atoms with E-state index in [0.717, 1.165) is 11.4 Å². The van der Waals surface area contributed by atoms with Gasteiger partial charge in [-0.05, 0) is 50.2 Å². The lowest BCUT2D eigenvalue weighted by atomic mass is 9.91. The Kier molecular flexibility index (Phi) is 7.16. The highest BCUT2D eigenvalue weighted by Gasteiger charge is 2.35. The van der Waals surface area contributed by atoms with Gasteiger partial charge in [0.1, 0.15) is 23.5 Å². The van der Waals surface area contributed by atoms with Crippen LogP contribution in [-0.4, -0.2) is 37.1 Å². The number of ether oxygens (including phenoxy) is 2. The van der Waals surface area contributed by atoms with Crippen LogP contribution in [0.25, 0.3) is 0 Å². The highest BCUT2D eigenvalue weighted by molar-refractivity contribution is 6.04. The van der Waals surface area contributed by atoms with Crippen molar-refractivity contribution in [3.05, 3.63) is 54.4 Å². The summed E-state index contributed by atoms with van der Waals surface area (Å²) >= 11 is 0. The van der Waals surface area contributed by atoms with Gasteiger partial charge in [0, 0.05) is 6.20 Å². The third-order valence-electron chi connectivity index (χ3n) is 4.01. The van der Waals surface area contributed by atoms with Crippen molar-refractivity contribution in [1.29, 1.82) is 0 Å². The van der Waals surface area contributed by atoms with E-state index in [1.165, 1.54) is 0 Å². The Bertz CT molecular complexity index is 746. The predicted molar refractivity (Wildman–Crippen MR) is 101 cm³/mol. The van der Waals surface area contributed by atoms with Crippen molar-refractivity contribution in [3.63, 3.8) is 0 Å². The van der Waals surface area contributed by atoms with Gasteiger partial charge in [-0.1, -0.05) is 6.07 Å². The number of pyridine rings is 1. The maximum absolute atomic E-state index is 12.4. The maximum Gasteiger partial charge on any atom is 0.235 e. The molecule has 0 unspecified atom stereocenters. The molecule has 0 radical (unpaired) electrons. The zero-order valence-corrected chi connectivity index (χ0v) is 15.8. The zero-order chi connectivity index (χ0) is 19.7. The number of hydrogen-bond donors (Lipinski definition) is 2.